The van der Waals surface area contributed by atoms with Gasteiger partial charge in [0.1, 0.15) is 12.4 Å². The first-order valence-electron chi connectivity index (χ1n) is 5.64. The van der Waals surface area contributed by atoms with Crippen molar-refractivity contribution in [3.8, 4) is 5.75 Å². The van der Waals surface area contributed by atoms with E-state index in [-0.39, 0.29) is 0 Å². The maximum atomic E-state index is 10.6. The highest BCUT2D eigenvalue weighted by atomic mass is 35.5. The number of halogens is 1. The van der Waals surface area contributed by atoms with E-state index in [1.165, 1.54) is 5.56 Å². The van der Waals surface area contributed by atoms with Crippen LogP contribution in [0.1, 0.15) is 21.5 Å². The highest BCUT2D eigenvalue weighted by molar-refractivity contribution is 6.67. The van der Waals surface area contributed by atoms with Gasteiger partial charge in [-0.3, -0.25) is 4.79 Å². The van der Waals surface area contributed by atoms with Crippen LogP contribution in [0.25, 0.3) is 0 Å². The van der Waals surface area contributed by atoms with Gasteiger partial charge in [0, 0.05) is 11.1 Å². The zero-order valence-corrected chi connectivity index (χ0v) is 10.8. The molecule has 0 fully saturated rings. The first-order chi connectivity index (χ1) is 8.66. The molecule has 0 amide bonds. The molecular formula is C15H13ClO2. The van der Waals surface area contributed by atoms with Gasteiger partial charge >= 0.3 is 0 Å². The van der Waals surface area contributed by atoms with Crippen molar-refractivity contribution in [1.29, 1.82) is 0 Å². The van der Waals surface area contributed by atoms with Crippen molar-refractivity contribution in [1.82, 2.24) is 0 Å². The summed E-state index contributed by atoms with van der Waals surface area (Å²) in [6, 6.07) is 15.3. The van der Waals surface area contributed by atoms with Gasteiger partial charge in [-0.15, -0.1) is 0 Å². The SMILES string of the molecule is Cc1cccc(C(=O)Cl)c1.c1ccc2c(c1)CO2. The van der Waals surface area contributed by atoms with Crippen molar-refractivity contribution < 1.29 is 9.53 Å². The van der Waals surface area contributed by atoms with Crippen LogP contribution < -0.4 is 4.74 Å². The van der Waals surface area contributed by atoms with Crippen LogP contribution in [0.5, 0.6) is 5.75 Å². The second-order valence-electron chi connectivity index (χ2n) is 4.04. The van der Waals surface area contributed by atoms with Crippen LogP contribution in [0.4, 0.5) is 0 Å². The van der Waals surface area contributed by atoms with E-state index in [0.717, 1.165) is 17.9 Å². The number of hydrogen-bond acceptors (Lipinski definition) is 2. The summed E-state index contributed by atoms with van der Waals surface area (Å²) in [5.41, 5.74) is 2.93. The minimum Gasteiger partial charge on any atom is -0.488 e. The van der Waals surface area contributed by atoms with Gasteiger partial charge in [0.05, 0.1) is 0 Å². The lowest BCUT2D eigenvalue weighted by molar-refractivity contribution is 0.108. The van der Waals surface area contributed by atoms with Crippen LogP contribution in [-0.2, 0) is 6.61 Å². The largest absolute Gasteiger partial charge is 0.488 e. The van der Waals surface area contributed by atoms with E-state index in [9.17, 15) is 4.79 Å². The molecule has 0 atom stereocenters. The lowest BCUT2D eigenvalue weighted by atomic mass is 10.1. The number of hydrogen-bond donors (Lipinski definition) is 0. The molecule has 0 N–H and O–H groups in total. The molecule has 3 heteroatoms. The maximum absolute atomic E-state index is 10.6. The summed E-state index contributed by atoms with van der Waals surface area (Å²) in [6.07, 6.45) is 0. The lowest BCUT2D eigenvalue weighted by Crippen LogP contribution is -2.07. The van der Waals surface area contributed by atoms with E-state index in [1.807, 2.05) is 37.3 Å². The summed E-state index contributed by atoms with van der Waals surface area (Å²) in [5.74, 6) is 1.05. The fourth-order valence-electron chi connectivity index (χ4n) is 1.61. The zero-order chi connectivity index (χ0) is 13.0. The van der Waals surface area contributed by atoms with Crippen molar-refractivity contribution in [3.63, 3.8) is 0 Å². The molecule has 0 bridgehead atoms. The minimum absolute atomic E-state index is 0.399. The summed E-state index contributed by atoms with van der Waals surface area (Å²) in [4.78, 5) is 10.6. The molecule has 1 heterocycles. The molecule has 0 aliphatic carbocycles. The first-order valence-corrected chi connectivity index (χ1v) is 6.02. The molecule has 18 heavy (non-hydrogen) atoms. The molecule has 0 aromatic heterocycles. The zero-order valence-electron chi connectivity index (χ0n) is 10.0. The number of carbonyl (C=O) groups excluding carboxylic acids is 1. The molecule has 2 aromatic rings. The number of rotatable bonds is 1. The Morgan fingerprint density at radius 1 is 1.17 bits per heavy atom. The number of ether oxygens (including phenoxy) is 1. The highest BCUT2D eigenvalue weighted by Gasteiger charge is 2.10. The van der Waals surface area contributed by atoms with Crippen LogP contribution in [0.15, 0.2) is 48.5 Å². The summed E-state index contributed by atoms with van der Waals surface area (Å²) in [7, 11) is 0. The minimum atomic E-state index is -0.399. The van der Waals surface area contributed by atoms with Crippen LogP contribution in [0.2, 0.25) is 0 Å². The Bertz CT molecular complexity index is 541. The fraction of sp³-hybridized carbons (Fsp3) is 0.133. The van der Waals surface area contributed by atoms with Crippen LogP contribution in [0, 0.1) is 6.92 Å². The Morgan fingerprint density at radius 3 is 2.33 bits per heavy atom. The highest BCUT2D eigenvalue weighted by Crippen LogP contribution is 2.27. The average Bonchev–Trinajstić information content (AvgIpc) is 2.32. The van der Waals surface area contributed by atoms with Gasteiger partial charge in [0.2, 0.25) is 0 Å². The predicted molar refractivity (Wildman–Crippen MR) is 72.1 cm³/mol. The molecule has 1 aliphatic heterocycles. The molecule has 0 saturated carbocycles. The van der Waals surface area contributed by atoms with Gasteiger partial charge in [-0.05, 0) is 30.7 Å². The topological polar surface area (TPSA) is 26.3 Å². The fourth-order valence-corrected chi connectivity index (χ4v) is 1.72. The van der Waals surface area contributed by atoms with E-state index in [4.69, 9.17) is 16.3 Å². The van der Waals surface area contributed by atoms with Gasteiger partial charge in [-0.1, -0.05) is 42.0 Å². The van der Waals surface area contributed by atoms with Gasteiger partial charge in [0.25, 0.3) is 5.24 Å². The van der Waals surface area contributed by atoms with Crippen molar-refractivity contribution >= 4 is 16.8 Å². The molecule has 0 unspecified atom stereocenters. The molecule has 0 saturated heterocycles. The number of benzene rings is 2. The van der Waals surface area contributed by atoms with Gasteiger partial charge < -0.3 is 4.74 Å². The standard InChI is InChI=1S/C8H7ClO.C7H6O/c1-6-3-2-4-7(5-6)8(9)10;1-2-4-7-6(3-1)5-8-7/h2-5H,1H3;1-4H,5H2. The summed E-state index contributed by atoms with van der Waals surface area (Å²) in [5, 5.41) is -0.399. The third-order valence-corrected chi connectivity index (χ3v) is 2.82. The van der Waals surface area contributed by atoms with Gasteiger partial charge in [0.15, 0.2) is 0 Å². The molecule has 1 aliphatic rings. The summed E-state index contributed by atoms with van der Waals surface area (Å²) >= 11 is 5.24. The Hall–Kier alpha value is -1.80. The third kappa shape index (κ3) is 3.11. The van der Waals surface area contributed by atoms with E-state index < -0.39 is 5.24 Å². The van der Waals surface area contributed by atoms with E-state index in [1.54, 1.807) is 12.1 Å². The number of carbonyl (C=O) groups is 1. The van der Waals surface area contributed by atoms with Crippen LogP contribution in [0.3, 0.4) is 0 Å². The van der Waals surface area contributed by atoms with E-state index >= 15 is 0 Å². The van der Waals surface area contributed by atoms with Crippen molar-refractivity contribution in [3.05, 3.63) is 65.2 Å². The van der Waals surface area contributed by atoms with Gasteiger partial charge in [-0.25, -0.2) is 0 Å². The molecule has 2 aromatic carbocycles. The lowest BCUT2D eigenvalue weighted by Gasteiger charge is -2.18. The molecule has 2 nitrogen and oxygen atoms in total. The van der Waals surface area contributed by atoms with E-state index in [2.05, 4.69) is 6.07 Å². The number of aryl methyl sites for hydroxylation is 1. The van der Waals surface area contributed by atoms with Crippen molar-refractivity contribution in [2.24, 2.45) is 0 Å². The van der Waals surface area contributed by atoms with Crippen molar-refractivity contribution in [2.75, 3.05) is 0 Å². The predicted octanol–water partition coefficient (Wildman–Crippen LogP) is 3.95. The molecule has 0 radical (unpaired) electrons. The van der Waals surface area contributed by atoms with Crippen molar-refractivity contribution in [2.45, 2.75) is 13.5 Å². The quantitative estimate of drug-likeness (QED) is 0.726. The average molecular weight is 261 g/mol. The number of para-hydroxylation sites is 1. The Morgan fingerprint density at radius 2 is 1.94 bits per heavy atom. The molecule has 3 rings (SSSR count). The first kappa shape index (κ1) is 12.7. The maximum Gasteiger partial charge on any atom is 0.252 e. The normalized spacial score (nSPS) is 11.2. The monoisotopic (exact) mass is 260 g/mol. The molecule has 92 valence electrons. The van der Waals surface area contributed by atoms with Crippen LogP contribution >= 0.6 is 11.6 Å². The molecular weight excluding hydrogens is 248 g/mol. The second kappa shape index (κ2) is 5.69. The Kier molecular flexibility index (Phi) is 4.00. The molecule has 0 spiro atoms. The number of fused-ring (bicyclic) bond motifs is 1. The Balaban J connectivity index is 0.000000136. The summed E-state index contributed by atoms with van der Waals surface area (Å²) in [6.45, 7) is 2.72. The smallest absolute Gasteiger partial charge is 0.252 e. The van der Waals surface area contributed by atoms with Gasteiger partial charge in [-0.2, -0.15) is 0 Å². The Labute approximate surface area is 111 Å². The second-order valence-corrected chi connectivity index (χ2v) is 4.38. The van der Waals surface area contributed by atoms with Crippen LogP contribution in [-0.4, -0.2) is 5.24 Å². The summed E-state index contributed by atoms with van der Waals surface area (Å²) < 4.78 is 5.08. The third-order valence-electron chi connectivity index (χ3n) is 2.60. The van der Waals surface area contributed by atoms with E-state index in [0.29, 0.717) is 5.56 Å².